The maximum Gasteiger partial charge on any atom is 0.0582 e. The summed E-state index contributed by atoms with van der Waals surface area (Å²) in [6, 6.07) is 8.25. The molecule has 0 saturated heterocycles. The predicted octanol–water partition coefficient (Wildman–Crippen LogP) is 4.91. The van der Waals surface area contributed by atoms with Gasteiger partial charge in [-0.25, -0.2) is 0 Å². The molecule has 17 heavy (non-hydrogen) atoms. The Hall–Kier alpha value is -0.870. The number of aryl methyl sites for hydroxylation is 1. The van der Waals surface area contributed by atoms with Crippen LogP contribution in [0.4, 0.5) is 11.4 Å². The molecule has 0 aliphatic rings. The van der Waals surface area contributed by atoms with Crippen LogP contribution in [0.5, 0.6) is 0 Å². The van der Waals surface area contributed by atoms with Gasteiger partial charge in [0.2, 0.25) is 0 Å². The van der Waals surface area contributed by atoms with Gasteiger partial charge in [0.1, 0.15) is 0 Å². The molecule has 88 valence electrons. The second-order valence-corrected chi connectivity index (χ2v) is 5.50. The van der Waals surface area contributed by atoms with E-state index in [0.717, 1.165) is 26.7 Å². The van der Waals surface area contributed by atoms with Crippen molar-refractivity contribution in [1.29, 1.82) is 0 Å². The van der Waals surface area contributed by atoms with Crippen molar-refractivity contribution in [3.8, 4) is 0 Å². The first-order valence-corrected chi connectivity index (χ1v) is 6.93. The molecule has 0 radical (unpaired) electrons. The normalized spacial score (nSPS) is 10.3. The van der Waals surface area contributed by atoms with Gasteiger partial charge in [0.05, 0.1) is 11.9 Å². The SMILES string of the molecule is CCc1cc(Br)ccc1Nc1cncc(Br)c1. The zero-order valence-electron chi connectivity index (χ0n) is 9.37. The fraction of sp³-hybridized carbons (Fsp3) is 0.154. The topological polar surface area (TPSA) is 24.9 Å². The second kappa shape index (κ2) is 5.65. The monoisotopic (exact) mass is 354 g/mol. The Bertz CT molecular complexity index is 527. The fourth-order valence-corrected chi connectivity index (χ4v) is 2.39. The highest BCUT2D eigenvalue weighted by Crippen LogP contribution is 2.25. The minimum Gasteiger partial charge on any atom is -0.354 e. The van der Waals surface area contributed by atoms with Crippen molar-refractivity contribution in [2.75, 3.05) is 5.32 Å². The van der Waals surface area contributed by atoms with Crippen molar-refractivity contribution in [2.24, 2.45) is 0 Å². The molecule has 0 bridgehead atoms. The van der Waals surface area contributed by atoms with E-state index in [-0.39, 0.29) is 0 Å². The third-order valence-corrected chi connectivity index (χ3v) is 3.36. The summed E-state index contributed by atoms with van der Waals surface area (Å²) in [4.78, 5) is 4.13. The van der Waals surface area contributed by atoms with Crippen LogP contribution in [0, 0.1) is 0 Å². The van der Waals surface area contributed by atoms with Gasteiger partial charge in [-0.05, 0) is 52.2 Å². The highest BCUT2D eigenvalue weighted by Gasteiger charge is 2.02. The number of aromatic nitrogens is 1. The van der Waals surface area contributed by atoms with E-state index in [0.29, 0.717) is 0 Å². The standard InChI is InChI=1S/C13H12Br2N2/c1-2-9-5-10(14)3-4-13(9)17-12-6-11(15)7-16-8-12/h3-8,17H,2H2,1H3. The Morgan fingerprint density at radius 1 is 1.12 bits per heavy atom. The van der Waals surface area contributed by atoms with Crippen LogP contribution in [0.1, 0.15) is 12.5 Å². The molecule has 0 saturated carbocycles. The van der Waals surface area contributed by atoms with Crippen LogP contribution in [0.2, 0.25) is 0 Å². The van der Waals surface area contributed by atoms with E-state index < -0.39 is 0 Å². The highest BCUT2D eigenvalue weighted by atomic mass is 79.9. The molecule has 0 amide bonds. The van der Waals surface area contributed by atoms with E-state index in [1.165, 1.54) is 5.56 Å². The van der Waals surface area contributed by atoms with E-state index in [1.54, 1.807) is 6.20 Å². The molecule has 1 N–H and O–H groups in total. The Balaban J connectivity index is 2.29. The van der Waals surface area contributed by atoms with Crippen molar-refractivity contribution in [3.05, 3.63) is 51.2 Å². The second-order valence-electron chi connectivity index (χ2n) is 3.67. The molecular weight excluding hydrogens is 344 g/mol. The lowest BCUT2D eigenvalue weighted by Crippen LogP contribution is -1.95. The van der Waals surface area contributed by atoms with Gasteiger partial charge < -0.3 is 5.32 Å². The summed E-state index contributed by atoms with van der Waals surface area (Å²) >= 11 is 6.90. The molecule has 2 rings (SSSR count). The molecule has 0 fully saturated rings. The maximum absolute atomic E-state index is 4.13. The van der Waals surface area contributed by atoms with Crippen molar-refractivity contribution in [3.63, 3.8) is 0 Å². The molecule has 1 heterocycles. The van der Waals surface area contributed by atoms with Crippen LogP contribution in [0.3, 0.4) is 0 Å². The van der Waals surface area contributed by atoms with E-state index in [1.807, 2.05) is 18.3 Å². The zero-order valence-corrected chi connectivity index (χ0v) is 12.5. The summed E-state index contributed by atoms with van der Waals surface area (Å²) in [7, 11) is 0. The van der Waals surface area contributed by atoms with E-state index in [9.17, 15) is 0 Å². The van der Waals surface area contributed by atoms with Crippen LogP contribution in [-0.4, -0.2) is 4.98 Å². The van der Waals surface area contributed by atoms with Crippen molar-refractivity contribution >= 4 is 43.2 Å². The third-order valence-electron chi connectivity index (χ3n) is 2.43. The van der Waals surface area contributed by atoms with E-state index in [2.05, 4.69) is 61.2 Å². The first-order valence-electron chi connectivity index (χ1n) is 5.35. The van der Waals surface area contributed by atoms with E-state index >= 15 is 0 Å². The van der Waals surface area contributed by atoms with Crippen LogP contribution in [-0.2, 0) is 6.42 Å². The summed E-state index contributed by atoms with van der Waals surface area (Å²) in [6.07, 6.45) is 4.57. The first-order chi connectivity index (χ1) is 8.19. The molecule has 2 aromatic rings. The summed E-state index contributed by atoms with van der Waals surface area (Å²) in [5, 5.41) is 3.38. The highest BCUT2D eigenvalue weighted by molar-refractivity contribution is 9.10. The van der Waals surface area contributed by atoms with Gasteiger partial charge in [-0.15, -0.1) is 0 Å². The Morgan fingerprint density at radius 3 is 2.65 bits per heavy atom. The third kappa shape index (κ3) is 3.30. The molecule has 0 atom stereocenters. The van der Waals surface area contributed by atoms with Gasteiger partial charge in [-0.3, -0.25) is 4.98 Å². The summed E-state index contributed by atoms with van der Waals surface area (Å²) in [5.74, 6) is 0. The van der Waals surface area contributed by atoms with Gasteiger partial charge in [-0.2, -0.15) is 0 Å². The van der Waals surface area contributed by atoms with Crippen LogP contribution >= 0.6 is 31.9 Å². The zero-order chi connectivity index (χ0) is 12.3. The average molecular weight is 356 g/mol. The maximum atomic E-state index is 4.13. The molecule has 0 unspecified atom stereocenters. The van der Waals surface area contributed by atoms with Crippen LogP contribution in [0.25, 0.3) is 0 Å². The van der Waals surface area contributed by atoms with Gasteiger partial charge in [0.25, 0.3) is 0 Å². The number of rotatable bonds is 3. The smallest absolute Gasteiger partial charge is 0.0582 e. The number of nitrogens with one attached hydrogen (secondary N) is 1. The van der Waals surface area contributed by atoms with Crippen molar-refractivity contribution < 1.29 is 0 Å². The number of benzene rings is 1. The number of nitrogens with zero attached hydrogens (tertiary/aromatic N) is 1. The summed E-state index contributed by atoms with van der Waals surface area (Å²) < 4.78 is 2.07. The lowest BCUT2D eigenvalue weighted by atomic mass is 10.1. The number of anilines is 2. The number of hydrogen-bond acceptors (Lipinski definition) is 2. The number of pyridine rings is 1. The molecule has 0 aliphatic heterocycles. The molecule has 2 nitrogen and oxygen atoms in total. The van der Waals surface area contributed by atoms with Gasteiger partial charge in [0, 0.05) is 20.8 Å². The molecular formula is C13H12Br2N2. The number of hydrogen-bond donors (Lipinski definition) is 1. The van der Waals surface area contributed by atoms with Crippen molar-refractivity contribution in [2.45, 2.75) is 13.3 Å². The molecule has 0 aliphatic carbocycles. The summed E-state index contributed by atoms with van der Waals surface area (Å²) in [6.45, 7) is 2.14. The largest absolute Gasteiger partial charge is 0.354 e. The van der Waals surface area contributed by atoms with Gasteiger partial charge in [0.15, 0.2) is 0 Å². The minimum absolute atomic E-state index is 0.970. The summed E-state index contributed by atoms with van der Waals surface area (Å²) in [5.41, 5.74) is 3.38. The minimum atomic E-state index is 0.970. The average Bonchev–Trinajstić information content (AvgIpc) is 2.31. The molecule has 1 aromatic heterocycles. The first kappa shape index (κ1) is 12.6. The van der Waals surface area contributed by atoms with Crippen LogP contribution in [0.15, 0.2) is 45.6 Å². The Morgan fingerprint density at radius 2 is 1.94 bits per heavy atom. The van der Waals surface area contributed by atoms with Gasteiger partial charge in [-0.1, -0.05) is 22.9 Å². The predicted molar refractivity (Wildman–Crippen MR) is 78.7 cm³/mol. The van der Waals surface area contributed by atoms with Gasteiger partial charge >= 0.3 is 0 Å². The Labute approximate surface area is 118 Å². The number of halogens is 2. The lowest BCUT2D eigenvalue weighted by molar-refractivity contribution is 1.14. The van der Waals surface area contributed by atoms with E-state index in [4.69, 9.17) is 0 Å². The fourth-order valence-electron chi connectivity index (χ4n) is 1.61. The molecule has 1 aromatic carbocycles. The van der Waals surface area contributed by atoms with Crippen molar-refractivity contribution in [1.82, 2.24) is 4.98 Å². The quantitative estimate of drug-likeness (QED) is 0.845. The molecule has 4 heteroatoms. The molecule has 0 spiro atoms. The lowest BCUT2D eigenvalue weighted by Gasteiger charge is -2.11. The Kier molecular flexibility index (Phi) is 4.18. The van der Waals surface area contributed by atoms with Crippen LogP contribution < -0.4 is 5.32 Å².